The highest BCUT2D eigenvalue weighted by Gasteiger charge is 2.41. The van der Waals surface area contributed by atoms with Gasteiger partial charge in [-0.3, -0.25) is 4.79 Å². The molecule has 1 atom stereocenters. The smallest absolute Gasteiger partial charge is 0.268 e. The molecule has 1 unspecified atom stereocenters. The van der Waals surface area contributed by atoms with E-state index in [0.717, 1.165) is 15.4 Å². The molecule has 0 aromatic heterocycles. The first kappa shape index (κ1) is 24.6. The number of rotatable bonds is 5. The zero-order valence-electron chi connectivity index (χ0n) is 19.9. The van der Waals surface area contributed by atoms with Gasteiger partial charge in [-0.1, -0.05) is 72.3 Å². The van der Waals surface area contributed by atoms with Gasteiger partial charge in [-0.15, -0.1) is 0 Å². The summed E-state index contributed by atoms with van der Waals surface area (Å²) in [6.45, 7) is 1.70. The molecule has 1 aliphatic rings. The molecule has 0 saturated heterocycles. The average Bonchev–Trinajstić information content (AvgIpc) is 2.90. The van der Waals surface area contributed by atoms with E-state index in [9.17, 15) is 22.0 Å². The van der Waals surface area contributed by atoms with Crippen molar-refractivity contribution in [3.63, 3.8) is 0 Å². The molecule has 7 heteroatoms. The molecule has 0 fully saturated rings. The van der Waals surface area contributed by atoms with Gasteiger partial charge in [0.15, 0.2) is 0 Å². The quantitative estimate of drug-likeness (QED) is 0.318. The summed E-state index contributed by atoms with van der Waals surface area (Å²) in [5.41, 5.74) is 3.31. The van der Waals surface area contributed by atoms with E-state index in [-0.39, 0.29) is 17.0 Å². The standard InChI is InChI=1S/C30H23F2NO3S/c1-20-7-17-26(18-8-20)37(35,36)33-19-27(21-5-3-2-4-6-21)28(22-9-13-24(31)14-10-22)29(30(33)34)23-11-15-25(32)16-12-23/h2-18,27H,19H2,1H3. The van der Waals surface area contributed by atoms with Crippen molar-refractivity contribution in [1.29, 1.82) is 0 Å². The highest BCUT2D eigenvalue weighted by atomic mass is 32.2. The fraction of sp³-hybridized carbons (Fsp3) is 0.100. The van der Waals surface area contributed by atoms with Crippen LogP contribution in [-0.4, -0.2) is 25.2 Å². The molecular formula is C30H23F2NO3S. The highest BCUT2D eigenvalue weighted by molar-refractivity contribution is 7.89. The van der Waals surface area contributed by atoms with Gasteiger partial charge in [-0.05, 0) is 65.6 Å². The lowest BCUT2D eigenvalue weighted by Gasteiger charge is -2.36. The monoisotopic (exact) mass is 515 g/mol. The zero-order valence-corrected chi connectivity index (χ0v) is 20.8. The maximum atomic E-state index is 14.0. The van der Waals surface area contributed by atoms with Gasteiger partial charge in [0.2, 0.25) is 0 Å². The lowest BCUT2D eigenvalue weighted by molar-refractivity contribution is -0.121. The minimum Gasteiger partial charge on any atom is -0.268 e. The fourth-order valence-corrected chi connectivity index (χ4v) is 6.02. The zero-order chi connectivity index (χ0) is 26.2. The number of halogens is 2. The molecule has 0 spiro atoms. The summed E-state index contributed by atoms with van der Waals surface area (Å²) < 4.78 is 56.1. The number of hydrogen-bond donors (Lipinski definition) is 0. The topological polar surface area (TPSA) is 54.5 Å². The van der Waals surface area contributed by atoms with Crippen LogP contribution in [0.15, 0.2) is 108 Å². The summed E-state index contributed by atoms with van der Waals surface area (Å²) in [5, 5.41) is 0. The van der Waals surface area contributed by atoms with Crippen molar-refractivity contribution in [2.24, 2.45) is 0 Å². The second-order valence-electron chi connectivity index (χ2n) is 8.92. The molecular weight excluding hydrogens is 492 g/mol. The Bertz CT molecular complexity index is 1580. The normalized spacial score (nSPS) is 16.2. The predicted octanol–water partition coefficient (Wildman–Crippen LogP) is 6.20. The van der Waals surface area contributed by atoms with Crippen molar-refractivity contribution >= 4 is 27.1 Å². The summed E-state index contributed by atoms with van der Waals surface area (Å²) >= 11 is 0. The third-order valence-corrected chi connectivity index (χ3v) is 8.27. The first-order valence-corrected chi connectivity index (χ1v) is 13.1. The predicted molar refractivity (Wildman–Crippen MR) is 139 cm³/mol. The van der Waals surface area contributed by atoms with Crippen LogP contribution in [0.1, 0.15) is 28.2 Å². The lowest BCUT2D eigenvalue weighted by atomic mass is 9.79. The van der Waals surface area contributed by atoms with Gasteiger partial charge < -0.3 is 0 Å². The summed E-state index contributed by atoms with van der Waals surface area (Å²) in [7, 11) is -4.21. The summed E-state index contributed by atoms with van der Waals surface area (Å²) in [4.78, 5) is 14.0. The highest BCUT2D eigenvalue weighted by Crippen LogP contribution is 2.44. The molecule has 0 bridgehead atoms. The van der Waals surface area contributed by atoms with Crippen molar-refractivity contribution in [1.82, 2.24) is 4.31 Å². The molecule has 37 heavy (non-hydrogen) atoms. The molecule has 0 saturated carbocycles. The fourth-order valence-electron chi connectivity index (χ4n) is 4.63. The average molecular weight is 516 g/mol. The number of carbonyl (C=O) groups is 1. The van der Waals surface area contributed by atoms with Gasteiger partial charge in [-0.25, -0.2) is 21.5 Å². The number of sulfonamides is 1. The SMILES string of the molecule is Cc1ccc(S(=O)(=O)N2CC(c3ccccc3)C(c3ccc(F)cc3)=C(c3ccc(F)cc3)C2=O)cc1. The Morgan fingerprint density at radius 1 is 0.730 bits per heavy atom. The van der Waals surface area contributed by atoms with Crippen LogP contribution in [0.4, 0.5) is 8.78 Å². The molecule has 1 aliphatic heterocycles. The van der Waals surface area contributed by atoms with Crippen LogP contribution in [-0.2, 0) is 14.8 Å². The van der Waals surface area contributed by atoms with Gasteiger partial charge in [0.1, 0.15) is 11.6 Å². The maximum Gasteiger partial charge on any atom is 0.268 e. The largest absolute Gasteiger partial charge is 0.268 e. The van der Waals surface area contributed by atoms with E-state index in [1.54, 1.807) is 24.3 Å². The molecule has 4 nitrogen and oxygen atoms in total. The Kier molecular flexibility index (Phi) is 6.48. The number of benzene rings is 4. The van der Waals surface area contributed by atoms with Gasteiger partial charge in [0.05, 0.1) is 10.5 Å². The van der Waals surface area contributed by atoms with E-state index < -0.39 is 33.5 Å². The molecule has 4 aromatic carbocycles. The van der Waals surface area contributed by atoms with Crippen LogP contribution in [0.2, 0.25) is 0 Å². The van der Waals surface area contributed by atoms with Crippen molar-refractivity contribution in [3.8, 4) is 0 Å². The van der Waals surface area contributed by atoms with Crippen LogP contribution in [0, 0.1) is 18.6 Å². The minimum atomic E-state index is -4.21. The van der Waals surface area contributed by atoms with E-state index in [1.165, 1.54) is 48.5 Å². The second kappa shape index (κ2) is 9.75. The van der Waals surface area contributed by atoms with Gasteiger partial charge in [0, 0.05) is 12.5 Å². The van der Waals surface area contributed by atoms with Crippen molar-refractivity contribution in [2.75, 3.05) is 6.54 Å². The first-order valence-electron chi connectivity index (χ1n) is 11.7. The number of carbonyl (C=O) groups excluding carboxylic acids is 1. The summed E-state index contributed by atoms with van der Waals surface area (Å²) in [6, 6.07) is 26.7. The van der Waals surface area contributed by atoms with Gasteiger partial charge >= 0.3 is 0 Å². The lowest BCUT2D eigenvalue weighted by Crippen LogP contribution is -2.44. The molecule has 1 amide bonds. The molecule has 1 heterocycles. The Balaban J connectivity index is 1.79. The van der Waals surface area contributed by atoms with Crippen molar-refractivity contribution in [2.45, 2.75) is 17.7 Å². The van der Waals surface area contributed by atoms with Crippen LogP contribution < -0.4 is 0 Å². The number of aryl methyl sites for hydroxylation is 1. The third kappa shape index (κ3) is 4.70. The molecule has 0 radical (unpaired) electrons. The maximum absolute atomic E-state index is 14.0. The van der Waals surface area contributed by atoms with Gasteiger partial charge in [-0.2, -0.15) is 0 Å². The van der Waals surface area contributed by atoms with E-state index in [4.69, 9.17) is 0 Å². The number of amides is 1. The molecule has 4 aromatic rings. The van der Waals surface area contributed by atoms with E-state index in [0.29, 0.717) is 16.7 Å². The minimum absolute atomic E-state index is 0.00181. The molecule has 186 valence electrons. The molecule has 0 N–H and O–H groups in total. The summed E-state index contributed by atoms with van der Waals surface area (Å²) in [5.74, 6) is -2.20. The molecule has 5 rings (SSSR count). The van der Waals surface area contributed by atoms with Crippen LogP contribution >= 0.6 is 0 Å². The second-order valence-corrected chi connectivity index (χ2v) is 10.8. The Labute approximate surface area is 214 Å². The number of hydrogen-bond acceptors (Lipinski definition) is 3. The van der Waals surface area contributed by atoms with E-state index >= 15 is 0 Å². The third-order valence-electron chi connectivity index (χ3n) is 6.51. The van der Waals surface area contributed by atoms with E-state index in [1.807, 2.05) is 37.3 Å². The van der Waals surface area contributed by atoms with Crippen LogP contribution in [0.25, 0.3) is 11.1 Å². The van der Waals surface area contributed by atoms with Gasteiger partial charge in [0.25, 0.3) is 15.9 Å². The summed E-state index contributed by atoms with van der Waals surface area (Å²) in [6.07, 6.45) is 0. The molecule has 0 aliphatic carbocycles. The number of nitrogens with zero attached hydrogens (tertiary/aromatic N) is 1. The first-order chi connectivity index (χ1) is 17.8. The van der Waals surface area contributed by atoms with Crippen molar-refractivity contribution in [3.05, 3.63) is 137 Å². The Morgan fingerprint density at radius 2 is 1.27 bits per heavy atom. The van der Waals surface area contributed by atoms with E-state index in [2.05, 4.69) is 0 Å². The Morgan fingerprint density at radius 3 is 1.84 bits per heavy atom. The van der Waals surface area contributed by atoms with Crippen LogP contribution in [0.5, 0.6) is 0 Å². The van der Waals surface area contributed by atoms with Crippen molar-refractivity contribution < 1.29 is 22.0 Å². The van der Waals surface area contributed by atoms with Crippen LogP contribution in [0.3, 0.4) is 0 Å². The Hall–Kier alpha value is -4.10.